The summed E-state index contributed by atoms with van der Waals surface area (Å²) in [5.41, 5.74) is 4.39. The van der Waals surface area contributed by atoms with E-state index in [0.717, 1.165) is 22.5 Å². The van der Waals surface area contributed by atoms with Crippen LogP contribution in [-0.2, 0) is 0 Å². The van der Waals surface area contributed by atoms with Gasteiger partial charge in [-0.2, -0.15) is 4.99 Å². The number of amides is 1. The lowest BCUT2D eigenvalue weighted by Gasteiger charge is -2.10. The van der Waals surface area contributed by atoms with E-state index in [1.807, 2.05) is 89.7 Å². The van der Waals surface area contributed by atoms with Gasteiger partial charge in [-0.25, -0.2) is 0 Å². The predicted octanol–water partition coefficient (Wildman–Crippen LogP) is 5.91. The number of aryl methyl sites for hydroxylation is 1. The third-order valence-corrected chi connectivity index (χ3v) is 5.48. The highest BCUT2D eigenvalue weighted by Crippen LogP contribution is 2.24. The van der Waals surface area contributed by atoms with E-state index in [1.54, 1.807) is 6.07 Å². The van der Waals surface area contributed by atoms with E-state index in [1.165, 1.54) is 11.3 Å². The van der Waals surface area contributed by atoms with Gasteiger partial charge in [0, 0.05) is 21.7 Å². The molecule has 1 amide bonds. The number of hydrogen-bond acceptors (Lipinski definition) is 2. The Bertz CT molecular complexity index is 1210. The second-order valence-electron chi connectivity index (χ2n) is 6.32. The lowest BCUT2D eigenvalue weighted by Crippen LogP contribution is -2.16. The molecule has 0 radical (unpaired) electrons. The third-order valence-electron chi connectivity index (χ3n) is 4.42. The summed E-state index contributed by atoms with van der Waals surface area (Å²) in [6.45, 7) is 1.91. The van der Waals surface area contributed by atoms with Crippen molar-refractivity contribution in [3.8, 4) is 16.9 Å². The number of hydrogen-bond donors (Lipinski definition) is 0. The Morgan fingerprint density at radius 3 is 2.46 bits per heavy atom. The van der Waals surface area contributed by atoms with Crippen LogP contribution in [0.4, 0.5) is 0 Å². The molecule has 138 valence electrons. The minimum atomic E-state index is -0.254. The fourth-order valence-corrected chi connectivity index (χ4v) is 4.11. The van der Waals surface area contributed by atoms with Crippen molar-refractivity contribution in [1.29, 1.82) is 0 Å². The molecule has 3 nitrogen and oxygen atoms in total. The minimum Gasteiger partial charge on any atom is -0.285 e. The molecule has 0 N–H and O–H groups in total. The van der Waals surface area contributed by atoms with Crippen molar-refractivity contribution in [2.45, 2.75) is 6.92 Å². The van der Waals surface area contributed by atoms with E-state index >= 15 is 0 Å². The highest BCUT2D eigenvalue weighted by molar-refractivity contribution is 7.07. The SMILES string of the molecule is Cc1ccccc1C(=O)N=c1scc(-c2ccccc2)n1-c1cccc(Cl)c1. The maximum atomic E-state index is 12.8. The lowest BCUT2D eigenvalue weighted by atomic mass is 10.1. The van der Waals surface area contributed by atoms with Gasteiger partial charge in [-0.15, -0.1) is 11.3 Å². The quantitative estimate of drug-likeness (QED) is 0.418. The molecule has 1 heterocycles. The molecule has 0 aliphatic heterocycles. The Morgan fingerprint density at radius 1 is 0.964 bits per heavy atom. The van der Waals surface area contributed by atoms with Gasteiger partial charge >= 0.3 is 0 Å². The van der Waals surface area contributed by atoms with Crippen molar-refractivity contribution in [2.24, 2.45) is 4.99 Å². The number of benzene rings is 3. The standard InChI is InChI=1S/C23H17ClN2OS/c1-16-8-5-6-13-20(16)22(27)25-23-26(19-12-7-11-18(24)14-19)21(15-28-23)17-9-3-2-4-10-17/h2-15H,1H3. The molecule has 0 aliphatic carbocycles. The summed E-state index contributed by atoms with van der Waals surface area (Å²) in [5, 5.41) is 2.65. The molecule has 0 bridgehead atoms. The van der Waals surface area contributed by atoms with Gasteiger partial charge in [-0.3, -0.25) is 9.36 Å². The van der Waals surface area contributed by atoms with E-state index in [4.69, 9.17) is 11.6 Å². The summed E-state index contributed by atoms with van der Waals surface area (Å²) < 4.78 is 1.97. The molecule has 4 aromatic rings. The van der Waals surface area contributed by atoms with Gasteiger partial charge < -0.3 is 0 Å². The molecule has 1 aromatic heterocycles. The van der Waals surface area contributed by atoms with Gasteiger partial charge in [-0.1, -0.05) is 66.2 Å². The summed E-state index contributed by atoms with van der Waals surface area (Å²) in [6, 6.07) is 25.1. The molecular weight excluding hydrogens is 388 g/mol. The molecular formula is C23H17ClN2OS. The van der Waals surface area contributed by atoms with Gasteiger partial charge in [0.1, 0.15) is 0 Å². The van der Waals surface area contributed by atoms with E-state index in [2.05, 4.69) is 4.99 Å². The largest absolute Gasteiger partial charge is 0.285 e. The number of carbonyl (C=O) groups is 1. The maximum absolute atomic E-state index is 12.8. The highest BCUT2D eigenvalue weighted by Gasteiger charge is 2.13. The second-order valence-corrected chi connectivity index (χ2v) is 7.59. The van der Waals surface area contributed by atoms with Crippen molar-refractivity contribution in [3.63, 3.8) is 0 Å². The van der Waals surface area contributed by atoms with Crippen LogP contribution in [0, 0.1) is 6.92 Å². The molecule has 3 aromatic carbocycles. The molecule has 0 atom stereocenters. The first-order valence-electron chi connectivity index (χ1n) is 8.80. The van der Waals surface area contributed by atoms with Crippen molar-refractivity contribution >= 4 is 28.8 Å². The van der Waals surface area contributed by atoms with Crippen LogP contribution in [-0.4, -0.2) is 10.5 Å². The summed E-state index contributed by atoms with van der Waals surface area (Å²) in [4.78, 5) is 17.9. The van der Waals surface area contributed by atoms with Gasteiger partial charge in [0.05, 0.1) is 5.69 Å². The number of carbonyl (C=O) groups excluding carboxylic acids is 1. The van der Waals surface area contributed by atoms with E-state index < -0.39 is 0 Å². The molecule has 0 saturated carbocycles. The molecule has 0 saturated heterocycles. The molecule has 28 heavy (non-hydrogen) atoms. The summed E-state index contributed by atoms with van der Waals surface area (Å²) in [6.07, 6.45) is 0. The minimum absolute atomic E-state index is 0.254. The normalized spacial score (nSPS) is 11.6. The van der Waals surface area contributed by atoms with Gasteiger partial charge in [-0.05, 0) is 42.3 Å². The zero-order valence-electron chi connectivity index (χ0n) is 15.2. The summed E-state index contributed by atoms with van der Waals surface area (Å²) in [7, 11) is 0. The first-order chi connectivity index (χ1) is 13.6. The zero-order chi connectivity index (χ0) is 19.5. The number of aromatic nitrogens is 1. The maximum Gasteiger partial charge on any atom is 0.279 e. The third kappa shape index (κ3) is 3.70. The Hall–Kier alpha value is -2.95. The summed E-state index contributed by atoms with van der Waals surface area (Å²) in [5.74, 6) is -0.254. The first-order valence-corrected chi connectivity index (χ1v) is 10.1. The predicted molar refractivity (Wildman–Crippen MR) is 115 cm³/mol. The average molecular weight is 405 g/mol. The fourth-order valence-electron chi connectivity index (χ4n) is 3.02. The van der Waals surface area contributed by atoms with Crippen LogP contribution < -0.4 is 4.80 Å². The zero-order valence-corrected chi connectivity index (χ0v) is 16.7. The van der Waals surface area contributed by atoms with E-state index in [-0.39, 0.29) is 5.91 Å². The van der Waals surface area contributed by atoms with E-state index in [9.17, 15) is 4.79 Å². The van der Waals surface area contributed by atoms with Crippen LogP contribution in [0.5, 0.6) is 0 Å². The fraction of sp³-hybridized carbons (Fsp3) is 0.0435. The van der Waals surface area contributed by atoms with Crippen molar-refractivity contribution in [3.05, 3.63) is 105 Å². The van der Waals surface area contributed by atoms with E-state index in [0.29, 0.717) is 15.4 Å². The van der Waals surface area contributed by atoms with Crippen LogP contribution in [0.3, 0.4) is 0 Å². The number of rotatable bonds is 3. The lowest BCUT2D eigenvalue weighted by molar-refractivity contribution is 0.0997. The monoisotopic (exact) mass is 404 g/mol. The number of nitrogens with zero attached hydrogens (tertiary/aromatic N) is 2. The molecule has 0 fully saturated rings. The smallest absolute Gasteiger partial charge is 0.279 e. The Kier molecular flexibility index (Phi) is 5.24. The van der Waals surface area contributed by atoms with Crippen LogP contribution in [0.2, 0.25) is 5.02 Å². The van der Waals surface area contributed by atoms with Crippen LogP contribution in [0.15, 0.2) is 89.2 Å². The molecule has 0 aliphatic rings. The first kappa shape index (κ1) is 18.4. The van der Waals surface area contributed by atoms with Crippen LogP contribution >= 0.6 is 22.9 Å². The van der Waals surface area contributed by atoms with Crippen molar-refractivity contribution in [1.82, 2.24) is 4.57 Å². The Morgan fingerprint density at radius 2 is 1.71 bits per heavy atom. The number of halogens is 1. The molecule has 0 unspecified atom stereocenters. The van der Waals surface area contributed by atoms with Gasteiger partial charge in [0.2, 0.25) is 0 Å². The van der Waals surface area contributed by atoms with Crippen molar-refractivity contribution in [2.75, 3.05) is 0 Å². The molecule has 4 rings (SSSR count). The highest BCUT2D eigenvalue weighted by atomic mass is 35.5. The Balaban J connectivity index is 1.92. The second kappa shape index (κ2) is 7.97. The number of thiazole rings is 1. The molecule has 5 heteroatoms. The van der Waals surface area contributed by atoms with Gasteiger partial charge in [0.25, 0.3) is 5.91 Å². The topological polar surface area (TPSA) is 34.4 Å². The van der Waals surface area contributed by atoms with Crippen LogP contribution in [0.25, 0.3) is 16.9 Å². The molecule has 0 spiro atoms. The van der Waals surface area contributed by atoms with Gasteiger partial charge in [0.15, 0.2) is 4.80 Å². The Labute approximate surface area is 172 Å². The van der Waals surface area contributed by atoms with Crippen LogP contribution in [0.1, 0.15) is 15.9 Å². The summed E-state index contributed by atoms with van der Waals surface area (Å²) >= 11 is 7.66. The average Bonchev–Trinajstić information content (AvgIpc) is 3.12. The van der Waals surface area contributed by atoms with Crippen molar-refractivity contribution < 1.29 is 4.79 Å².